The molecule has 0 radical (unpaired) electrons. The lowest BCUT2D eigenvalue weighted by molar-refractivity contribution is -0.973. The Balaban J connectivity index is 3.76. The lowest BCUT2D eigenvalue weighted by Crippen LogP contribution is -2.60. The quantitative estimate of drug-likeness (QED) is 0.130. The number of carbonyl (C=O) groups is 1. The zero-order chi connectivity index (χ0) is 22.1. The maximum Gasteiger partial charge on any atom is 0.330 e. The van der Waals surface area contributed by atoms with Crippen molar-refractivity contribution in [2.24, 2.45) is 0 Å². The summed E-state index contributed by atoms with van der Waals surface area (Å²) in [5.74, 6) is -1.14. The Morgan fingerprint density at radius 3 is 2.00 bits per heavy atom. The first-order valence-corrected chi connectivity index (χ1v) is 11.9. The van der Waals surface area contributed by atoms with Crippen molar-refractivity contribution in [3.05, 3.63) is 0 Å². The van der Waals surface area contributed by atoms with E-state index in [1.165, 1.54) is 12.8 Å². The summed E-state index contributed by atoms with van der Waals surface area (Å²) in [6, 6.07) is 0. The fourth-order valence-electron chi connectivity index (χ4n) is 2.72. The topological polar surface area (TPSA) is 108 Å². The number of ether oxygens (including phenoxy) is 1. The average molecular weight is 440 g/mol. The van der Waals surface area contributed by atoms with Crippen LogP contribution < -0.4 is 5.11 Å². The first kappa shape index (κ1) is 28.7. The van der Waals surface area contributed by atoms with E-state index in [1.807, 2.05) is 0 Å². The average Bonchev–Trinajstić information content (AvgIpc) is 2.63. The lowest BCUT2D eigenvalue weighted by Gasteiger charge is -2.42. The van der Waals surface area contributed by atoms with E-state index in [-0.39, 0.29) is 4.48 Å². The second-order valence-electron chi connectivity index (χ2n) is 8.26. The number of aliphatic carboxylic acids is 1. The first-order valence-electron chi connectivity index (χ1n) is 10.7. The molecule has 174 valence electrons. The van der Waals surface area contributed by atoms with Crippen LogP contribution in [0, 0.1) is 0 Å². The summed E-state index contributed by atoms with van der Waals surface area (Å²) in [6.07, 6.45) is 6.91. The standard InChI is InChI=1S/C20H42NO7P/c1-5-6-11-14-26-15-12-9-7-8-10-13-16-27-29(25)28-18(17-19(22)23)20(24)21(2,3)4/h18,20,25H,5-17H2,1-4H3,(H,22,23). The number of likely N-dealkylation sites (N-methyl/N-ethyl adjacent to an activating group) is 1. The smallest absolute Gasteiger partial charge is 0.330 e. The number of unbranched alkanes of at least 4 members (excludes halogenated alkanes) is 7. The van der Waals surface area contributed by atoms with Gasteiger partial charge in [-0.05, 0) is 19.3 Å². The molecule has 0 amide bonds. The highest BCUT2D eigenvalue weighted by Crippen LogP contribution is 2.36. The maximum absolute atomic E-state index is 12.3. The predicted octanol–water partition coefficient (Wildman–Crippen LogP) is 3.02. The van der Waals surface area contributed by atoms with Crippen LogP contribution in [0.25, 0.3) is 0 Å². The summed E-state index contributed by atoms with van der Waals surface area (Å²) < 4.78 is 16.1. The number of rotatable bonds is 20. The van der Waals surface area contributed by atoms with Crippen molar-refractivity contribution in [1.29, 1.82) is 0 Å². The molecular weight excluding hydrogens is 397 g/mol. The molecule has 0 aliphatic heterocycles. The molecule has 29 heavy (non-hydrogen) atoms. The van der Waals surface area contributed by atoms with Gasteiger partial charge in [-0.3, -0.25) is 4.79 Å². The molecule has 0 fully saturated rings. The minimum Gasteiger partial charge on any atom is -0.804 e. The Hall–Kier alpha value is -0.340. The fourth-order valence-corrected chi connectivity index (χ4v) is 3.48. The minimum atomic E-state index is -2.26. The molecule has 3 atom stereocenters. The van der Waals surface area contributed by atoms with Crippen molar-refractivity contribution < 1.29 is 38.2 Å². The molecule has 0 aromatic rings. The first-order chi connectivity index (χ1) is 13.7. The molecule has 0 heterocycles. The molecule has 0 bridgehead atoms. The second kappa shape index (κ2) is 17.4. The van der Waals surface area contributed by atoms with E-state index in [9.17, 15) is 14.8 Å². The minimum absolute atomic E-state index is 0.00903. The molecule has 0 aromatic heterocycles. The summed E-state index contributed by atoms with van der Waals surface area (Å²) in [5, 5.41) is 21.3. The monoisotopic (exact) mass is 439 g/mol. The van der Waals surface area contributed by atoms with Crippen LogP contribution in [0.15, 0.2) is 0 Å². The van der Waals surface area contributed by atoms with Crippen molar-refractivity contribution in [2.75, 3.05) is 41.0 Å². The Morgan fingerprint density at radius 1 is 0.966 bits per heavy atom. The molecule has 8 nitrogen and oxygen atoms in total. The summed E-state index contributed by atoms with van der Waals surface area (Å²) in [7, 11) is 2.73. The summed E-state index contributed by atoms with van der Waals surface area (Å²) in [6.45, 7) is 4.22. The predicted molar refractivity (Wildman–Crippen MR) is 112 cm³/mol. The van der Waals surface area contributed by atoms with Crippen molar-refractivity contribution >= 4 is 14.6 Å². The molecule has 0 aliphatic carbocycles. The highest BCUT2D eigenvalue weighted by Gasteiger charge is 2.29. The fraction of sp³-hybridized carbons (Fsp3) is 0.950. The number of carboxylic acid groups (broad SMARTS) is 1. The summed E-state index contributed by atoms with van der Waals surface area (Å²) in [5.41, 5.74) is 0. The van der Waals surface area contributed by atoms with Gasteiger partial charge >= 0.3 is 14.6 Å². The lowest BCUT2D eigenvalue weighted by atomic mass is 10.1. The third kappa shape index (κ3) is 17.1. The molecule has 2 N–H and O–H groups in total. The normalized spacial score (nSPS) is 15.2. The number of hydrogen-bond acceptors (Lipinski definition) is 6. The van der Waals surface area contributed by atoms with Gasteiger partial charge in [0.2, 0.25) is 0 Å². The molecule has 0 saturated heterocycles. The highest BCUT2D eigenvalue weighted by molar-refractivity contribution is 7.40. The van der Waals surface area contributed by atoms with Crippen LogP contribution in [0.4, 0.5) is 0 Å². The van der Waals surface area contributed by atoms with Crippen molar-refractivity contribution in [2.45, 2.75) is 83.5 Å². The Bertz CT molecular complexity index is 407. The third-order valence-electron chi connectivity index (χ3n) is 4.46. The molecule has 9 heteroatoms. The van der Waals surface area contributed by atoms with E-state index in [0.717, 1.165) is 58.2 Å². The van der Waals surface area contributed by atoms with Gasteiger partial charge in [-0.25, -0.2) is 0 Å². The van der Waals surface area contributed by atoms with Crippen LogP contribution >= 0.6 is 8.60 Å². The number of nitrogens with zero attached hydrogens (tertiary/aromatic N) is 1. The van der Waals surface area contributed by atoms with Gasteiger partial charge in [-0.2, -0.15) is 0 Å². The highest BCUT2D eigenvalue weighted by atomic mass is 31.2. The van der Waals surface area contributed by atoms with E-state index in [0.29, 0.717) is 6.61 Å². The van der Waals surface area contributed by atoms with Crippen LogP contribution in [-0.2, 0) is 18.6 Å². The van der Waals surface area contributed by atoms with Gasteiger partial charge in [0.15, 0.2) is 0 Å². The maximum atomic E-state index is 12.3. The van der Waals surface area contributed by atoms with Crippen LogP contribution in [0.5, 0.6) is 0 Å². The largest absolute Gasteiger partial charge is 0.804 e. The zero-order valence-electron chi connectivity index (χ0n) is 18.7. The van der Waals surface area contributed by atoms with E-state index in [1.54, 1.807) is 21.1 Å². The van der Waals surface area contributed by atoms with E-state index < -0.39 is 33.3 Å². The second-order valence-corrected chi connectivity index (χ2v) is 9.21. The Morgan fingerprint density at radius 2 is 1.48 bits per heavy atom. The van der Waals surface area contributed by atoms with Crippen molar-refractivity contribution in [3.8, 4) is 0 Å². The molecule has 3 unspecified atom stereocenters. The number of carboxylic acids is 1. The molecule has 0 saturated carbocycles. The van der Waals surface area contributed by atoms with Crippen molar-refractivity contribution in [3.63, 3.8) is 0 Å². The van der Waals surface area contributed by atoms with E-state index >= 15 is 0 Å². The van der Waals surface area contributed by atoms with Gasteiger partial charge in [-0.15, -0.1) is 0 Å². The van der Waals surface area contributed by atoms with Gasteiger partial charge in [0.05, 0.1) is 34.2 Å². The SMILES string of the molecule is CCCCCOCCCCCCCCOP(O)OC(CC(=O)O)C([O-])[N+](C)(C)C. The zero-order valence-corrected chi connectivity index (χ0v) is 19.6. The molecular formula is C20H42NO7P. The van der Waals surface area contributed by atoms with Gasteiger partial charge in [0.1, 0.15) is 6.10 Å². The van der Waals surface area contributed by atoms with Crippen LogP contribution in [-0.4, -0.2) is 73.7 Å². The van der Waals surface area contributed by atoms with E-state index in [2.05, 4.69) is 6.92 Å². The van der Waals surface area contributed by atoms with Crippen LogP contribution in [0.1, 0.15) is 71.1 Å². The summed E-state index contributed by atoms with van der Waals surface area (Å²) >= 11 is 0. The summed E-state index contributed by atoms with van der Waals surface area (Å²) in [4.78, 5) is 20.9. The van der Waals surface area contributed by atoms with Crippen LogP contribution in [0.2, 0.25) is 0 Å². The van der Waals surface area contributed by atoms with Crippen LogP contribution in [0.3, 0.4) is 0 Å². The van der Waals surface area contributed by atoms with Crippen molar-refractivity contribution in [1.82, 2.24) is 0 Å². The van der Waals surface area contributed by atoms with E-state index in [4.69, 9.17) is 18.9 Å². The van der Waals surface area contributed by atoms with Gasteiger partial charge in [0.25, 0.3) is 0 Å². The third-order valence-corrected chi connectivity index (χ3v) is 5.31. The van der Waals surface area contributed by atoms with Gasteiger partial charge in [0, 0.05) is 19.4 Å². The Labute approximate surface area is 177 Å². The molecule has 0 spiro atoms. The molecule has 0 aromatic carbocycles. The Kier molecular flexibility index (Phi) is 17.1. The molecule has 0 rings (SSSR count). The number of quaternary nitrogens is 1. The molecule has 0 aliphatic rings. The van der Waals surface area contributed by atoms with Gasteiger partial charge < -0.3 is 33.4 Å². The number of hydrogen-bond donors (Lipinski definition) is 2. The van der Waals surface area contributed by atoms with Gasteiger partial charge in [-0.1, -0.05) is 45.4 Å².